The molecule has 0 amide bonds. The van der Waals surface area contributed by atoms with Gasteiger partial charge >= 0.3 is 0 Å². The van der Waals surface area contributed by atoms with Gasteiger partial charge in [-0.25, -0.2) is 26.0 Å². The Balaban J connectivity index is 2.47. The summed E-state index contributed by atoms with van der Waals surface area (Å²) in [5.74, 6) is -4.21. The normalized spacial score (nSPS) is 11.5. The minimum atomic E-state index is -4.61. The molecular formula is C12H6BrF4NO2S. The Labute approximate surface area is 125 Å². The van der Waals surface area contributed by atoms with Crippen LogP contribution in [-0.2, 0) is 10.0 Å². The van der Waals surface area contributed by atoms with Gasteiger partial charge < -0.3 is 0 Å². The SMILES string of the molecule is O=S(=O)(Nc1cc(F)c(Br)cc1F)c1cc(F)ccc1F. The summed E-state index contributed by atoms with van der Waals surface area (Å²) in [6.07, 6.45) is 0. The predicted octanol–water partition coefficient (Wildman–Crippen LogP) is 3.81. The first-order chi connectivity index (χ1) is 9.70. The van der Waals surface area contributed by atoms with E-state index in [1.807, 2.05) is 0 Å². The van der Waals surface area contributed by atoms with E-state index in [2.05, 4.69) is 15.9 Å². The number of halogens is 5. The zero-order valence-electron chi connectivity index (χ0n) is 10.0. The van der Waals surface area contributed by atoms with E-state index in [-0.39, 0.29) is 4.47 Å². The zero-order valence-corrected chi connectivity index (χ0v) is 12.4. The summed E-state index contributed by atoms with van der Waals surface area (Å²) in [6.45, 7) is 0. The summed E-state index contributed by atoms with van der Waals surface area (Å²) in [5.41, 5.74) is -0.723. The molecule has 0 aliphatic carbocycles. The topological polar surface area (TPSA) is 46.2 Å². The summed E-state index contributed by atoms with van der Waals surface area (Å²) in [4.78, 5) is -1.01. The molecule has 3 nitrogen and oxygen atoms in total. The molecule has 112 valence electrons. The third kappa shape index (κ3) is 3.35. The molecule has 0 aliphatic heterocycles. The third-order valence-corrected chi connectivity index (χ3v) is 4.43. The van der Waals surface area contributed by atoms with Crippen molar-refractivity contribution in [3.8, 4) is 0 Å². The van der Waals surface area contributed by atoms with Crippen LogP contribution in [0.3, 0.4) is 0 Å². The lowest BCUT2D eigenvalue weighted by molar-refractivity contribution is 0.555. The van der Waals surface area contributed by atoms with Crippen molar-refractivity contribution >= 4 is 31.6 Å². The number of nitrogens with one attached hydrogen (secondary N) is 1. The second kappa shape index (κ2) is 5.64. The summed E-state index contributed by atoms with van der Waals surface area (Å²) in [6, 6.07) is 3.06. The van der Waals surface area contributed by atoms with Gasteiger partial charge in [0, 0.05) is 6.07 Å². The molecule has 0 atom stereocenters. The van der Waals surface area contributed by atoms with Crippen LogP contribution in [0.25, 0.3) is 0 Å². The van der Waals surface area contributed by atoms with Gasteiger partial charge in [-0.2, -0.15) is 0 Å². The van der Waals surface area contributed by atoms with Crippen LogP contribution in [0, 0.1) is 23.3 Å². The third-order valence-electron chi connectivity index (χ3n) is 2.44. The summed E-state index contributed by atoms with van der Waals surface area (Å²) in [5, 5.41) is 0. The maximum Gasteiger partial charge on any atom is 0.265 e. The number of hydrogen-bond donors (Lipinski definition) is 1. The lowest BCUT2D eigenvalue weighted by Crippen LogP contribution is -2.16. The fourth-order valence-corrected chi connectivity index (χ4v) is 2.95. The van der Waals surface area contributed by atoms with Crippen LogP contribution in [0.1, 0.15) is 0 Å². The summed E-state index contributed by atoms with van der Waals surface area (Å²) in [7, 11) is -4.61. The van der Waals surface area contributed by atoms with Crippen LogP contribution < -0.4 is 4.72 Å². The van der Waals surface area contributed by atoms with Crippen molar-refractivity contribution in [3.05, 3.63) is 58.1 Å². The van der Waals surface area contributed by atoms with Crippen LogP contribution in [0.5, 0.6) is 0 Å². The van der Waals surface area contributed by atoms with E-state index >= 15 is 0 Å². The van der Waals surface area contributed by atoms with Gasteiger partial charge in [0.15, 0.2) is 0 Å². The van der Waals surface area contributed by atoms with Gasteiger partial charge in [0.05, 0.1) is 10.2 Å². The molecule has 0 aliphatic rings. The van der Waals surface area contributed by atoms with Crippen molar-refractivity contribution in [2.24, 2.45) is 0 Å². The quantitative estimate of drug-likeness (QED) is 0.647. The van der Waals surface area contributed by atoms with Crippen LogP contribution >= 0.6 is 15.9 Å². The molecule has 0 saturated carbocycles. The average Bonchev–Trinajstić information content (AvgIpc) is 2.38. The van der Waals surface area contributed by atoms with Crippen molar-refractivity contribution in [2.45, 2.75) is 4.90 Å². The molecule has 0 radical (unpaired) electrons. The molecule has 0 spiro atoms. The van der Waals surface area contributed by atoms with E-state index < -0.39 is 43.9 Å². The minimum absolute atomic E-state index is 0.208. The minimum Gasteiger partial charge on any atom is -0.276 e. The Hall–Kier alpha value is -1.61. The highest BCUT2D eigenvalue weighted by molar-refractivity contribution is 9.10. The van der Waals surface area contributed by atoms with Crippen molar-refractivity contribution < 1.29 is 26.0 Å². The van der Waals surface area contributed by atoms with Gasteiger partial charge in [-0.1, -0.05) is 0 Å². The molecule has 2 aromatic carbocycles. The molecule has 21 heavy (non-hydrogen) atoms. The zero-order chi connectivity index (χ0) is 15.8. The van der Waals surface area contributed by atoms with Gasteiger partial charge in [0.25, 0.3) is 10.0 Å². The molecule has 0 fully saturated rings. The highest BCUT2D eigenvalue weighted by Crippen LogP contribution is 2.26. The maximum atomic E-state index is 13.6. The summed E-state index contributed by atoms with van der Waals surface area (Å²) < 4.78 is 78.6. The highest BCUT2D eigenvalue weighted by Gasteiger charge is 2.22. The first kappa shape index (κ1) is 15.8. The van der Waals surface area contributed by atoms with Gasteiger partial charge in [0.2, 0.25) is 0 Å². The first-order valence-corrected chi connectivity index (χ1v) is 7.61. The number of rotatable bonds is 3. The van der Waals surface area contributed by atoms with Gasteiger partial charge in [0.1, 0.15) is 28.2 Å². The van der Waals surface area contributed by atoms with Crippen molar-refractivity contribution in [1.29, 1.82) is 0 Å². The smallest absolute Gasteiger partial charge is 0.265 e. The predicted molar refractivity (Wildman–Crippen MR) is 71.2 cm³/mol. The van der Waals surface area contributed by atoms with E-state index in [4.69, 9.17) is 0 Å². The van der Waals surface area contributed by atoms with Crippen molar-refractivity contribution in [3.63, 3.8) is 0 Å². The van der Waals surface area contributed by atoms with Gasteiger partial charge in [-0.05, 0) is 40.2 Å². The molecule has 0 unspecified atom stereocenters. The second-order valence-electron chi connectivity index (χ2n) is 3.93. The Kier molecular flexibility index (Phi) is 4.24. The standard InChI is InChI=1S/C12H6BrF4NO2S/c13-7-4-10(17)11(5-9(7)16)18-21(19,20)12-3-6(14)1-2-8(12)15/h1-5,18H. The fraction of sp³-hybridized carbons (Fsp3) is 0. The molecule has 2 aromatic rings. The fourth-order valence-electron chi connectivity index (χ4n) is 1.48. The van der Waals surface area contributed by atoms with E-state index in [9.17, 15) is 26.0 Å². The van der Waals surface area contributed by atoms with Gasteiger partial charge in [-0.3, -0.25) is 4.72 Å². The van der Waals surface area contributed by atoms with Crippen LogP contribution in [0.2, 0.25) is 0 Å². The molecular weight excluding hydrogens is 378 g/mol. The molecule has 0 saturated heterocycles. The molecule has 0 heterocycles. The monoisotopic (exact) mass is 383 g/mol. The largest absolute Gasteiger partial charge is 0.276 e. The van der Waals surface area contributed by atoms with Crippen molar-refractivity contribution in [1.82, 2.24) is 0 Å². The first-order valence-electron chi connectivity index (χ1n) is 5.33. The van der Waals surface area contributed by atoms with Crippen LogP contribution in [0.4, 0.5) is 23.2 Å². The molecule has 0 bridgehead atoms. The van der Waals surface area contributed by atoms with Crippen molar-refractivity contribution in [2.75, 3.05) is 4.72 Å². The average molecular weight is 384 g/mol. The van der Waals surface area contributed by atoms with E-state index in [1.54, 1.807) is 4.72 Å². The lowest BCUT2D eigenvalue weighted by atomic mass is 10.3. The Morgan fingerprint density at radius 1 is 0.905 bits per heavy atom. The number of anilines is 1. The second-order valence-corrected chi connectivity index (χ2v) is 6.43. The molecule has 0 aromatic heterocycles. The molecule has 1 N–H and O–H groups in total. The highest BCUT2D eigenvalue weighted by atomic mass is 79.9. The summed E-state index contributed by atoms with van der Waals surface area (Å²) >= 11 is 2.72. The number of benzene rings is 2. The van der Waals surface area contributed by atoms with E-state index in [1.165, 1.54) is 0 Å². The lowest BCUT2D eigenvalue weighted by Gasteiger charge is -2.10. The van der Waals surface area contributed by atoms with Crippen LogP contribution in [-0.4, -0.2) is 8.42 Å². The Bertz CT molecular complexity index is 811. The van der Waals surface area contributed by atoms with E-state index in [0.717, 1.165) is 6.07 Å². The Morgan fingerprint density at radius 2 is 1.57 bits per heavy atom. The molecule has 9 heteroatoms. The van der Waals surface area contributed by atoms with E-state index in [0.29, 0.717) is 24.3 Å². The molecule has 2 rings (SSSR count). The number of sulfonamides is 1. The van der Waals surface area contributed by atoms with Crippen LogP contribution in [0.15, 0.2) is 39.7 Å². The van der Waals surface area contributed by atoms with Gasteiger partial charge in [-0.15, -0.1) is 0 Å². The maximum absolute atomic E-state index is 13.6. The Morgan fingerprint density at radius 3 is 2.24 bits per heavy atom. The number of hydrogen-bond acceptors (Lipinski definition) is 2.